The molecule has 8 nitrogen and oxygen atoms in total. The molecule has 0 saturated heterocycles. The van der Waals surface area contributed by atoms with Crippen LogP contribution in [0.1, 0.15) is 41.4 Å². The number of Topliss-reactive ketones (excluding diaryl/α,β-unsaturated/α-hetero) is 4. The smallest absolute Gasteiger partial charge is 0.251 e. The Kier molecular flexibility index (Phi) is 3.71. The molecule has 2 aromatic rings. The number of ether oxygens (including phenoxy) is 1. The number of carbonyl (C=O) groups excluding carboxylic acids is 5. The second-order valence-corrected chi connectivity index (χ2v) is 6.16. The van der Waals surface area contributed by atoms with Gasteiger partial charge in [-0.05, 0) is 12.1 Å². The van der Waals surface area contributed by atoms with Crippen LogP contribution < -0.4 is 0 Å². The van der Waals surface area contributed by atoms with E-state index < -0.39 is 57.8 Å². The van der Waals surface area contributed by atoms with E-state index in [9.17, 15) is 34.2 Å². The van der Waals surface area contributed by atoms with Crippen LogP contribution in [0.2, 0.25) is 0 Å². The number of ketones is 5. The zero-order chi connectivity index (χ0) is 20.2. The molecule has 0 aliphatic heterocycles. The summed E-state index contributed by atoms with van der Waals surface area (Å²) in [4.78, 5) is 62.1. The van der Waals surface area contributed by atoms with Crippen molar-refractivity contribution in [3.8, 4) is 11.5 Å². The average molecular weight is 378 g/mol. The maximum atomic E-state index is 12.6. The molecule has 2 aromatic carbocycles. The van der Waals surface area contributed by atoms with Crippen molar-refractivity contribution in [2.24, 2.45) is 0 Å². The molecule has 0 aromatic heterocycles. The molecule has 4 rings (SSSR count). The van der Waals surface area contributed by atoms with Crippen molar-refractivity contribution < 1.29 is 38.9 Å². The quantitative estimate of drug-likeness (QED) is 0.591. The predicted octanol–water partition coefficient (Wildman–Crippen LogP) is 1.39. The molecule has 0 bridgehead atoms. The summed E-state index contributed by atoms with van der Waals surface area (Å²) in [5.41, 5.74) is -1.02. The highest BCUT2D eigenvalue weighted by Crippen LogP contribution is 2.32. The molecular weight excluding hydrogens is 368 g/mol. The first kappa shape index (κ1) is 17.3. The topological polar surface area (TPSA) is 135 Å². The van der Waals surface area contributed by atoms with E-state index >= 15 is 0 Å². The van der Waals surface area contributed by atoms with E-state index in [1.807, 2.05) is 0 Å². The van der Waals surface area contributed by atoms with Gasteiger partial charge < -0.3 is 14.9 Å². The van der Waals surface area contributed by atoms with Gasteiger partial charge in [0.05, 0.1) is 11.1 Å². The second kappa shape index (κ2) is 5.98. The summed E-state index contributed by atoms with van der Waals surface area (Å²) in [7, 11) is 0. The molecule has 2 aliphatic rings. The third-order valence-electron chi connectivity index (χ3n) is 4.50. The molecule has 28 heavy (non-hydrogen) atoms. The maximum Gasteiger partial charge on any atom is 0.251 e. The Bertz CT molecular complexity index is 1150. The first-order chi connectivity index (χ1) is 13.3. The summed E-state index contributed by atoms with van der Waals surface area (Å²) in [6.07, 6.45) is -1.18. The van der Waals surface area contributed by atoms with Gasteiger partial charge in [-0.1, -0.05) is 24.3 Å². The van der Waals surface area contributed by atoms with Gasteiger partial charge in [0, 0.05) is 17.2 Å². The van der Waals surface area contributed by atoms with E-state index in [-0.39, 0.29) is 16.7 Å². The molecule has 1 unspecified atom stereocenters. The van der Waals surface area contributed by atoms with Gasteiger partial charge in [0.15, 0.2) is 11.5 Å². The highest BCUT2D eigenvalue weighted by molar-refractivity contribution is 6.53. The molecule has 0 spiro atoms. The Hall–Kier alpha value is -4.07. The van der Waals surface area contributed by atoms with E-state index in [4.69, 9.17) is 4.74 Å². The largest absolute Gasteiger partial charge is 0.507 e. The monoisotopic (exact) mass is 378 g/mol. The van der Waals surface area contributed by atoms with Crippen molar-refractivity contribution in [3.05, 3.63) is 70.5 Å². The number of hydrogen-bond acceptors (Lipinski definition) is 8. The van der Waals surface area contributed by atoms with Crippen LogP contribution in [0.15, 0.2) is 48.2 Å². The molecular formula is C20H10O8. The first-order valence-corrected chi connectivity index (χ1v) is 8.05. The van der Waals surface area contributed by atoms with Crippen molar-refractivity contribution in [2.75, 3.05) is 0 Å². The number of aromatic hydroxyl groups is 2. The minimum absolute atomic E-state index is 0.0509. The number of allylic oxidation sites excluding steroid dienone is 2. The van der Waals surface area contributed by atoms with E-state index in [1.54, 1.807) is 0 Å². The zero-order valence-corrected chi connectivity index (χ0v) is 14.0. The minimum Gasteiger partial charge on any atom is -0.507 e. The predicted molar refractivity (Wildman–Crippen MR) is 91.5 cm³/mol. The number of rotatable bonds is 2. The summed E-state index contributed by atoms with van der Waals surface area (Å²) in [5, 5.41) is 19.7. The summed E-state index contributed by atoms with van der Waals surface area (Å²) < 4.78 is 5.20. The zero-order valence-electron chi connectivity index (χ0n) is 14.0. The maximum absolute atomic E-state index is 12.6. The Balaban J connectivity index is 1.74. The molecule has 0 radical (unpaired) electrons. The third kappa shape index (κ3) is 2.35. The molecule has 8 heteroatoms. The first-order valence-electron chi connectivity index (χ1n) is 8.05. The van der Waals surface area contributed by atoms with Crippen molar-refractivity contribution in [3.63, 3.8) is 0 Å². The van der Waals surface area contributed by atoms with Gasteiger partial charge in [0.25, 0.3) is 5.78 Å². The molecule has 0 saturated carbocycles. The molecule has 0 heterocycles. The van der Waals surface area contributed by atoms with Crippen molar-refractivity contribution in [1.82, 2.24) is 0 Å². The SMILES string of the molecule is O=C1C=C(OC2C(=O)C(=O)c3c(O)cccc3C2=O)C(=O)c2c(O)cccc21. The van der Waals surface area contributed by atoms with E-state index in [0.29, 0.717) is 0 Å². The summed E-state index contributed by atoms with van der Waals surface area (Å²) in [6, 6.07) is 7.63. The van der Waals surface area contributed by atoms with E-state index in [0.717, 1.165) is 12.1 Å². The van der Waals surface area contributed by atoms with Gasteiger partial charge in [-0.2, -0.15) is 0 Å². The fourth-order valence-corrected chi connectivity index (χ4v) is 3.18. The van der Waals surface area contributed by atoms with Gasteiger partial charge in [0.1, 0.15) is 11.5 Å². The number of fused-ring (bicyclic) bond motifs is 2. The number of benzene rings is 2. The summed E-state index contributed by atoms with van der Waals surface area (Å²) >= 11 is 0. The van der Waals surface area contributed by atoms with Crippen LogP contribution in [0.5, 0.6) is 11.5 Å². The van der Waals surface area contributed by atoms with Gasteiger partial charge in [-0.3, -0.25) is 24.0 Å². The van der Waals surface area contributed by atoms with Gasteiger partial charge in [-0.15, -0.1) is 0 Å². The highest BCUT2D eigenvalue weighted by Gasteiger charge is 2.45. The number of hydrogen-bond donors (Lipinski definition) is 2. The lowest BCUT2D eigenvalue weighted by Crippen LogP contribution is -2.43. The molecule has 138 valence electrons. The van der Waals surface area contributed by atoms with Crippen LogP contribution in [0.25, 0.3) is 0 Å². The Labute approximate surface area is 156 Å². The van der Waals surface area contributed by atoms with Crippen molar-refractivity contribution >= 4 is 28.9 Å². The van der Waals surface area contributed by atoms with Gasteiger partial charge in [0.2, 0.25) is 23.5 Å². The Morgan fingerprint density at radius 3 is 1.93 bits per heavy atom. The molecule has 2 aliphatic carbocycles. The van der Waals surface area contributed by atoms with Gasteiger partial charge >= 0.3 is 0 Å². The molecule has 0 fully saturated rings. The van der Waals surface area contributed by atoms with Crippen LogP contribution in [0.4, 0.5) is 0 Å². The molecule has 0 amide bonds. The Morgan fingerprint density at radius 2 is 1.29 bits per heavy atom. The molecule has 1 atom stereocenters. The fraction of sp³-hybridized carbons (Fsp3) is 0.0500. The van der Waals surface area contributed by atoms with E-state index in [2.05, 4.69) is 0 Å². The van der Waals surface area contributed by atoms with Gasteiger partial charge in [-0.25, -0.2) is 0 Å². The van der Waals surface area contributed by atoms with Crippen molar-refractivity contribution in [2.45, 2.75) is 6.10 Å². The second-order valence-electron chi connectivity index (χ2n) is 6.16. The number of phenols is 2. The molecule has 2 N–H and O–H groups in total. The Morgan fingerprint density at radius 1 is 0.714 bits per heavy atom. The summed E-state index contributed by atoms with van der Waals surface area (Å²) in [5.74, 6) is -6.54. The normalized spacial score (nSPS) is 18.5. The lowest BCUT2D eigenvalue weighted by Gasteiger charge is -2.24. The van der Waals surface area contributed by atoms with Crippen LogP contribution in [0, 0.1) is 0 Å². The third-order valence-corrected chi connectivity index (χ3v) is 4.50. The van der Waals surface area contributed by atoms with E-state index in [1.165, 1.54) is 30.3 Å². The minimum atomic E-state index is -1.97. The van der Waals surface area contributed by atoms with Crippen LogP contribution in [0.3, 0.4) is 0 Å². The standard InChI is InChI=1S/C20H10O8/c21-10-5-1-3-8-12(23)7-13(17(25)14(8)10)28-20-16(24)9-4-2-6-11(22)15(9)18(26)19(20)27/h1-7,20-22H. The van der Waals surface area contributed by atoms with Crippen LogP contribution >= 0.6 is 0 Å². The number of carbonyl (C=O) groups is 5. The lowest BCUT2D eigenvalue weighted by molar-refractivity contribution is -0.121. The average Bonchev–Trinajstić information content (AvgIpc) is 2.67. The van der Waals surface area contributed by atoms with Crippen LogP contribution in [-0.2, 0) is 9.53 Å². The fourth-order valence-electron chi connectivity index (χ4n) is 3.18. The van der Waals surface area contributed by atoms with Crippen LogP contribution in [-0.4, -0.2) is 45.2 Å². The van der Waals surface area contributed by atoms with Crippen molar-refractivity contribution in [1.29, 1.82) is 0 Å². The number of phenolic OH excluding ortho intramolecular Hbond substituents is 2. The lowest BCUT2D eigenvalue weighted by atomic mass is 9.85. The highest BCUT2D eigenvalue weighted by atomic mass is 16.5. The summed E-state index contributed by atoms with van der Waals surface area (Å²) in [6.45, 7) is 0.